The molecule has 1 aliphatic heterocycles. The standard InChI is InChI=1S/C16H23N3O2S2/c1-10-4-5-13-11(7-10)8-14(23-13)15(20)18-19-16(22)17-9-12-3-2-6-21-12/h8,10,12H,2-7,9H2,1H3,(H,18,20)(H2,17,19,22)/t10-,12+/m0/s1. The Bertz CT molecular complexity index is 582. The van der Waals surface area contributed by atoms with E-state index < -0.39 is 0 Å². The molecule has 7 heteroatoms. The summed E-state index contributed by atoms with van der Waals surface area (Å²) in [6, 6.07) is 2.02. The zero-order chi connectivity index (χ0) is 16.2. The van der Waals surface area contributed by atoms with Gasteiger partial charge in [-0.3, -0.25) is 15.6 Å². The van der Waals surface area contributed by atoms with Crippen LogP contribution in [0.2, 0.25) is 0 Å². The predicted octanol–water partition coefficient (Wildman–Crippen LogP) is 2.16. The van der Waals surface area contributed by atoms with Gasteiger partial charge in [-0.05, 0) is 61.9 Å². The molecule has 0 saturated carbocycles. The average Bonchev–Trinajstić information content (AvgIpc) is 3.19. The van der Waals surface area contributed by atoms with Crippen molar-refractivity contribution in [2.45, 2.75) is 45.1 Å². The van der Waals surface area contributed by atoms with E-state index in [0.717, 1.165) is 37.2 Å². The first-order chi connectivity index (χ1) is 11.1. The van der Waals surface area contributed by atoms with Crippen molar-refractivity contribution >= 4 is 34.6 Å². The molecule has 2 aliphatic rings. The molecule has 1 saturated heterocycles. The van der Waals surface area contributed by atoms with Crippen molar-refractivity contribution in [2.75, 3.05) is 13.2 Å². The zero-order valence-corrected chi connectivity index (χ0v) is 14.9. The minimum absolute atomic E-state index is 0.127. The van der Waals surface area contributed by atoms with Crippen molar-refractivity contribution < 1.29 is 9.53 Å². The minimum atomic E-state index is -0.127. The molecule has 0 aromatic carbocycles. The number of fused-ring (bicyclic) bond motifs is 1. The van der Waals surface area contributed by atoms with Gasteiger partial charge in [-0.1, -0.05) is 6.92 Å². The van der Waals surface area contributed by atoms with Crippen molar-refractivity contribution in [3.63, 3.8) is 0 Å². The first-order valence-electron chi connectivity index (χ1n) is 8.19. The summed E-state index contributed by atoms with van der Waals surface area (Å²) < 4.78 is 5.52. The number of thiophene rings is 1. The van der Waals surface area contributed by atoms with Crippen LogP contribution in [0.1, 0.15) is 46.3 Å². The van der Waals surface area contributed by atoms with Crippen molar-refractivity contribution in [3.8, 4) is 0 Å². The second-order valence-corrected chi connectivity index (χ2v) is 7.88. The summed E-state index contributed by atoms with van der Waals surface area (Å²) in [7, 11) is 0. The molecule has 5 nitrogen and oxygen atoms in total. The van der Waals surface area contributed by atoms with Crippen LogP contribution in [-0.2, 0) is 17.6 Å². The van der Waals surface area contributed by atoms with E-state index in [-0.39, 0.29) is 12.0 Å². The van der Waals surface area contributed by atoms with E-state index in [2.05, 4.69) is 23.1 Å². The van der Waals surface area contributed by atoms with Crippen LogP contribution in [0, 0.1) is 5.92 Å². The molecule has 1 amide bonds. The summed E-state index contributed by atoms with van der Waals surface area (Å²) in [5.74, 6) is 0.582. The first-order valence-corrected chi connectivity index (χ1v) is 9.41. The number of ether oxygens (including phenoxy) is 1. The molecule has 126 valence electrons. The maximum Gasteiger partial charge on any atom is 0.279 e. The lowest BCUT2D eigenvalue weighted by molar-refractivity contribution is 0.0947. The Hall–Kier alpha value is -1.18. The SMILES string of the molecule is C[C@H]1CCc2sc(C(=O)NNC(=S)NC[C@H]3CCCO3)cc2C1. The van der Waals surface area contributed by atoms with E-state index in [4.69, 9.17) is 17.0 Å². The molecule has 1 aliphatic carbocycles. The minimum Gasteiger partial charge on any atom is -0.376 e. The molecule has 0 radical (unpaired) electrons. The van der Waals surface area contributed by atoms with Crippen LogP contribution in [0.25, 0.3) is 0 Å². The van der Waals surface area contributed by atoms with Gasteiger partial charge in [0.2, 0.25) is 0 Å². The van der Waals surface area contributed by atoms with Gasteiger partial charge < -0.3 is 10.1 Å². The second-order valence-electron chi connectivity index (χ2n) is 6.33. The first kappa shape index (κ1) is 16.7. The van der Waals surface area contributed by atoms with Gasteiger partial charge in [0.05, 0.1) is 11.0 Å². The van der Waals surface area contributed by atoms with Crippen LogP contribution in [0.5, 0.6) is 0 Å². The number of hydrogen-bond acceptors (Lipinski definition) is 4. The summed E-state index contributed by atoms with van der Waals surface area (Å²) in [5.41, 5.74) is 6.77. The molecular weight excluding hydrogens is 330 g/mol. The molecule has 3 rings (SSSR count). The second kappa shape index (κ2) is 7.59. The van der Waals surface area contributed by atoms with Crippen molar-refractivity contribution in [1.82, 2.24) is 16.2 Å². The van der Waals surface area contributed by atoms with Crippen LogP contribution in [0.15, 0.2) is 6.07 Å². The van der Waals surface area contributed by atoms with Gasteiger partial charge in [0.25, 0.3) is 5.91 Å². The van der Waals surface area contributed by atoms with Crippen LogP contribution in [0.4, 0.5) is 0 Å². The smallest absolute Gasteiger partial charge is 0.279 e. The fraction of sp³-hybridized carbons (Fsp3) is 0.625. The summed E-state index contributed by atoms with van der Waals surface area (Å²) in [5, 5.41) is 3.49. The Morgan fingerprint density at radius 3 is 3.09 bits per heavy atom. The molecule has 23 heavy (non-hydrogen) atoms. The fourth-order valence-electron chi connectivity index (χ4n) is 3.05. The summed E-state index contributed by atoms with van der Waals surface area (Å²) in [6.07, 6.45) is 5.75. The van der Waals surface area contributed by atoms with Crippen molar-refractivity contribution in [1.29, 1.82) is 0 Å². The predicted molar refractivity (Wildman–Crippen MR) is 95.7 cm³/mol. The molecule has 1 aromatic heterocycles. The van der Waals surface area contributed by atoms with Gasteiger partial charge in [-0.25, -0.2) is 0 Å². The Morgan fingerprint density at radius 2 is 2.30 bits per heavy atom. The number of nitrogens with one attached hydrogen (secondary N) is 3. The normalized spacial score (nSPS) is 23.2. The molecule has 2 heterocycles. The lowest BCUT2D eigenvalue weighted by Crippen LogP contribution is -2.48. The highest BCUT2D eigenvalue weighted by atomic mass is 32.1. The maximum atomic E-state index is 12.2. The van der Waals surface area contributed by atoms with Gasteiger partial charge in [0, 0.05) is 18.0 Å². The number of aryl methyl sites for hydroxylation is 1. The molecule has 1 fully saturated rings. The number of hydrogen-bond donors (Lipinski definition) is 3. The lowest BCUT2D eigenvalue weighted by Gasteiger charge is -2.16. The Kier molecular flexibility index (Phi) is 5.50. The van der Waals surface area contributed by atoms with Gasteiger partial charge in [-0.2, -0.15) is 0 Å². The molecule has 1 aromatic rings. The highest BCUT2D eigenvalue weighted by molar-refractivity contribution is 7.80. The largest absolute Gasteiger partial charge is 0.376 e. The van der Waals surface area contributed by atoms with Gasteiger partial charge in [0.15, 0.2) is 5.11 Å². The average molecular weight is 354 g/mol. The molecule has 0 spiro atoms. The third-order valence-electron chi connectivity index (χ3n) is 4.36. The molecular formula is C16H23N3O2S2. The summed E-state index contributed by atoms with van der Waals surface area (Å²) >= 11 is 6.77. The molecule has 0 bridgehead atoms. The van der Waals surface area contributed by atoms with Gasteiger partial charge in [0.1, 0.15) is 0 Å². The quantitative estimate of drug-likeness (QED) is 0.574. The molecule has 3 N–H and O–H groups in total. The summed E-state index contributed by atoms with van der Waals surface area (Å²) in [6.45, 7) is 3.76. The van der Waals surface area contributed by atoms with Crippen LogP contribution in [-0.4, -0.2) is 30.3 Å². The fourth-order valence-corrected chi connectivity index (χ4v) is 4.29. The number of carbonyl (C=O) groups is 1. The van der Waals surface area contributed by atoms with Crippen molar-refractivity contribution in [3.05, 3.63) is 21.4 Å². The Morgan fingerprint density at radius 1 is 1.43 bits per heavy atom. The Balaban J connectivity index is 1.44. The topological polar surface area (TPSA) is 62.4 Å². The van der Waals surface area contributed by atoms with E-state index in [9.17, 15) is 4.79 Å². The lowest BCUT2D eigenvalue weighted by atomic mass is 9.90. The third-order valence-corrected chi connectivity index (χ3v) is 5.84. The number of amides is 1. The van der Waals surface area contributed by atoms with Crippen molar-refractivity contribution in [2.24, 2.45) is 5.92 Å². The van der Waals surface area contributed by atoms with E-state index in [1.165, 1.54) is 16.9 Å². The number of carbonyl (C=O) groups excluding carboxylic acids is 1. The highest BCUT2D eigenvalue weighted by Crippen LogP contribution is 2.32. The zero-order valence-electron chi connectivity index (χ0n) is 13.3. The van der Waals surface area contributed by atoms with E-state index in [1.807, 2.05) is 6.07 Å². The van der Waals surface area contributed by atoms with Crippen LogP contribution in [0.3, 0.4) is 0 Å². The monoisotopic (exact) mass is 353 g/mol. The van der Waals surface area contributed by atoms with Crippen LogP contribution >= 0.6 is 23.6 Å². The number of rotatable bonds is 3. The maximum absolute atomic E-state index is 12.2. The summed E-state index contributed by atoms with van der Waals surface area (Å²) in [4.78, 5) is 14.3. The number of thiocarbonyl (C=S) groups is 1. The Labute approximate surface area is 146 Å². The van der Waals surface area contributed by atoms with E-state index >= 15 is 0 Å². The highest BCUT2D eigenvalue weighted by Gasteiger charge is 2.21. The number of hydrazine groups is 1. The molecule has 0 unspecified atom stereocenters. The van der Waals surface area contributed by atoms with Gasteiger partial charge in [-0.15, -0.1) is 11.3 Å². The van der Waals surface area contributed by atoms with Gasteiger partial charge >= 0.3 is 0 Å². The third kappa shape index (κ3) is 4.43. The molecule has 2 atom stereocenters. The van der Waals surface area contributed by atoms with E-state index in [1.54, 1.807) is 11.3 Å². The van der Waals surface area contributed by atoms with E-state index in [0.29, 0.717) is 17.6 Å². The van der Waals surface area contributed by atoms with Crippen LogP contribution < -0.4 is 16.2 Å².